The molecule has 0 aromatic heterocycles. The van der Waals surface area contributed by atoms with Gasteiger partial charge in [0, 0.05) is 16.6 Å². The van der Waals surface area contributed by atoms with E-state index in [1.165, 1.54) is 18.2 Å². The van der Waals surface area contributed by atoms with Crippen LogP contribution in [0.25, 0.3) is 0 Å². The van der Waals surface area contributed by atoms with Gasteiger partial charge in [0.05, 0.1) is 5.56 Å². The largest absolute Gasteiger partial charge is 0.452 e. The third kappa shape index (κ3) is 4.94. The zero-order valence-electron chi connectivity index (χ0n) is 11.8. The van der Waals surface area contributed by atoms with Crippen LogP contribution < -0.4 is 5.32 Å². The number of rotatable bonds is 5. The summed E-state index contributed by atoms with van der Waals surface area (Å²) in [5.74, 6) is -2.13. The average Bonchev–Trinajstić information content (AvgIpc) is 2.52. The second-order valence-corrected chi connectivity index (χ2v) is 5.41. The van der Waals surface area contributed by atoms with Crippen molar-refractivity contribution >= 4 is 35.1 Å². The minimum absolute atomic E-state index is 0.159. The van der Waals surface area contributed by atoms with Crippen molar-refractivity contribution < 1.29 is 18.7 Å². The van der Waals surface area contributed by atoms with Gasteiger partial charge in [0.2, 0.25) is 0 Å². The zero-order valence-corrected chi connectivity index (χ0v) is 13.3. The molecule has 23 heavy (non-hydrogen) atoms. The van der Waals surface area contributed by atoms with E-state index >= 15 is 0 Å². The van der Waals surface area contributed by atoms with Gasteiger partial charge < -0.3 is 10.1 Å². The minimum Gasteiger partial charge on any atom is -0.452 e. The van der Waals surface area contributed by atoms with E-state index in [4.69, 9.17) is 27.9 Å². The first-order valence-corrected chi connectivity index (χ1v) is 7.35. The van der Waals surface area contributed by atoms with Crippen LogP contribution in [-0.4, -0.2) is 18.5 Å². The van der Waals surface area contributed by atoms with Gasteiger partial charge in [-0.25, -0.2) is 9.18 Å². The molecule has 1 N–H and O–H groups in total. The number of carbonyl (C=O) groups is 2. The molecule has 2 rings (SSSR count). The van der Waals surface area contributed by atoms with Crippen LogP contribution in [0.2, 0.25) is 10.0 Å². The highest BCUT2D eigenvalue weighted by atomic mass is 35.5. The number of amides is 1. The summed E-state index contributed by atoms with van der Waals surface area (Å²) >= 11 is 11.8. The van der Waals surface area contributed by atoms with Crippen molar-refractivity contribution in [1.29, 1.82) is 0 Å². The Morgan fingerprint density at radius 2 is 1.87 bits per heavy atom. The van der Waals surface area contributed by atoms with E-state index in [2.05, 4.69) is 5.32 Å². The molecule has 0 radical (unpaired) electrons. The van der Waals surface area contributed by atoms with Crippen LogP contribution in [0.5, 0.6) is 0 Å². The molecule has 0 spiro atoms. The highest BCUT2D eigenvalue weighted by Crippen LogP contribution is 2.20. The summed E-state index contributed by atoms with van der Waals surface area (Å²) in [6.07, 6.45) is 0. The molecule has 2 aromatic rings. The highest BCUT2D eigenvalue weighted by molar-refractivity contribution is 6.35. The average molecular weight is 356 g/mol. The maximum Gasteiger partial charge on any atom is 0.341 e. The summed E-state index contributed by atoms with van der Waals surface area (Å²) in [7, 11) is 0. The van der Waals surface area contributed by atoms with Crippen molar-refractivity contribution in [3.05, 3.63) is 69.5 Å². The maximum atomic E-state index is 13.4. The van der Waals surface area contributed by atoms with Gasteiger partial charge >= 0.3 is 5.97 Å². The number of halogens is 3. The topological polar surface area (TPSA) is 55.4 Å². The number of benzene rings is 2. The molecule has 4 nitrogen and oxygen atoms in total. The lowest BCUT2D eigenvalue weighted by Gasteiger charge is -2.08. The number of esters is 1. The van der Waals surface area contributed by atoms with Crippen molar-refractivity contribution in [2.45, 2.75) is 6.54 Å². The predicted molar refractivity (Wildman–Crippen MR) is 85.0 cm³/mol. The Morgan fingerprint density at radius 1 is 1.13 bits per heavy atom. The minimum atomic E-state index is -0.900. The molecule has 120 valence electrons. The van der Waals surface area contributed by atoms with E-state index in [1.807, 2.05) is 0 Å². The lowest BCUT2D eigenvalue weighted by atomic mass is 10.2. The monoisotopic (exact) mass is 355 g/mol. The molecule has 0 aliphatic carbocycles. The van der Waals surface area contributed by atoms with Crippen LogP contribution >= 0.6 is 23.2 Å². The van der Waals surface area contributed by atoms with Crippen LogP contribution in [0.1, 0.15) is 15.9 Å². The summed E-state index contributed by atoms with van der Waals surface area (Å²) in [6, 6.07) is 10.3. The molecule has 0 bridgehead atoms. The first-order chi connectivity index (χ1) is 11.0. The normalized spacial score (nSPS) is 10.2. The van der Waals surface area contributed by atoms with Crippen molar-refractivity contribution in [2.75, 3.05) is 6.61 Å². The van der Waals surface area contributed by atoms with E-state index in [1.54, 1.807) is 18.2 Å². The number of hydrogen-bond donors (Lipinski definition) is 1. The van der Waals surface area contributed by atoms with Gasteiger partial charge in [-0.1, -0.05) is 41.4 Å². The maximum absolute atomic E-state index is 13.4. The highest BCUT2D eigenvalue weighted by Gasteiger charge is 2.14. The first-order valence-electron chi connectivity index (χ1n) is 6.59. The van der Waals surface area contributed by atoms with E-state index < -0.39 is 24.3 Å². The first kappa shape index (κ1) is 17.2. The number of hydrogen-bond acceptors (Lipinski definition) is 3. The molecule has 0 fully saturated rings. The van der Waals surface area contributed by atoms with Crippen LogP contribution in [0.15, 0.2) is 42.5 Å². The molecule has 2 aromatic carbocycles. The number of ether oxygens (including phenoxy) is 1. The smallest absolute Gasteiger partial charge is 0.341 e. The molecule has 0 saturated carbocycles. The van der Waals surface area contributed by atoms with Gasteiger partial charge in [0.25, 0.3) is 5.91 Å². The molecule has 7 heteroatoms. The third-order valence-corrected chi connectivity index (χ3v) is 3.51. The Balaban J connectivity index is 1.83. The molecule has 0 unspecified atom stereocenters. The van der Waals surface area contributed by atoms with Crippen LogP contribution in [0.3, 0.4) is 0 Å². The van der Waals surface area contributed by atoms with E-state index in [9.17, 15) is 14.0 Å². The van der Waals surface area contributed by atoms with Gasteiger partial charge in [-0.3, -0.25) is 4.79 Å². The van der Waals surface area contributed by atoms with Gasteiger partial charge in [0.15, 0.2) is 6.61 Å². The van der Waals surface area contributed by atoms with Gasteiger partial charge in [0.1, 0.15) is 5.82 Å². The summed E-state index contributed by atoms with van der Waals surface area (Å²) in [5, 5.41) is 3.45. The third-order valence-electron chi connectivity index (χ3n) is 2.92. The number of nitrogens with one attached hydrogen (secondary N) is 1. The molecule has 0 aliphatic rings. The second-order valence-electron chi connectivity index (χ2n) is 4.57. The Morgan fingerprint density at radius 3 is 2.57 bits per heavy atom. The lowest BCUT2D eigenvalue weighted by Crippen LogP contribution is -2.28. The Bertz CT molecular complexity index is 737. The van der Waals surface area contributed by atoms with Gasteiger partial charge in [-0.15, -0.1) is 0 Å². The van der Waals surface area contributed by atoms with E-state index in [-0.39, 0.29) is 12.1 Å². The van der Waals surface area contributed by atoms with Crippen molar-refractivity contribution in [3.63, 3.8) is 0 Å². The van der Waals surface area contributed by atoms with Crippen LogP contribution in [-0.2, 0) is 16.1 Å². The summed E-state index contributed by atoms with van der Waals surface area (Å²) in [6.45, 7) is -0.357. The van der Waals surface area contributed by atoms with Crippen molar-refractivity contribution in [3.8, 4) is 0 Å². The molecule has 0 aliphatic heterocycles. The lowest BCUT2D eigenvalue weighted by molar-refractivity contribution is -0.124. The van der Waals surface area contributed by atoms with Gasteiger partial charge in [-0.05, 0) is 29.8 Å². The standard InChI is InChI=1S/C16H12Cl2FNO3/c17-11-6-5-10(13(18)7-11)8-20-15(21)9-23-16(22)12-3-1-2-4-14(12)19/h1-7H,8-9H2,(H,20,21). The molecule has 0 atom stereocenters. The molecule has 0 saturated heterocycles. The van der Waals surface area contributed by atoms with Crippen molar-refractivity contribution in [2.24, 2.45) is 0 Å². The summed E-state index contributed by atoms with van der Waals surface area (Å²) in [4.78, 5) is 23.3. The molecule has 1 amide bonds. The van der Waals surface area contributed by atoms with Gasteiger partial charge in [-0.2, -0.15) is 0 Å². The van der Waals surface area contributed by atoms with Crippen molar-refractivity contribution in [1.82, 2.24) is 5.32 Å². The fourth-order valence-corrected chi connectivity index (χ4v) is 2.22. The quantitative estimate of drug-likeness (QED) is 0.833. The fourth-order valence-electron chi connectivity index (χ4n) is 1.75. The Kier molecular flexibility index (Phi) is 5.96. The number of carbonyl (C=O) groups excluding carboxylic acids is 2. The summed E-state index contributed by atoms with van der Waals surface area (Å²) in [5.41, 5.74) is 0.450. The fraction of sp³-hybridized carbons (Fsp3) is 0.125. The van der Waals surface area contributed by atoms with E-state index in [0.717, 1.165) is 6.07 Å². The van der Waals surface area contributed by atoms with Crippen LogP contribution in [0.4, 0.5) is 4.39 Å². The Hall–Kier alpha value is -2.11. The SMILES string of the molecule is O=C(COC(=O)c1ccccc1F)NCc1ccc(Cl)cc1Cl. The molecule has 0 heterocycles. The van der Waals surface area contributed by atoms with E-state index in [0.29, 0.717) is 15.6 Å². The second kappa shape index (κ2) is 7.94. The Labute approximate surface area is 142 Å². The molecular weight excluding hydrogens is 344 g/mol. The van der Waals surface area contributed by atoms with Crippen LogP contribution in [0, 0.1) is 5.82 Å². The zero-order chi connectivity index (χ0) is 16.8. The summed E-state index contributed by atoms with van der Waals surface area (Å²) < 4.78 is 18.1. The molecular formula is C16H12Cl2FNO3. The predicted octanol–water partition coefficient (Wildman–Crippen LogP) is 3.61.